The first-order valence-corrected chi connectivity index (χ1v) is 8.73. The summed E-state index contributed by atoms with van der Waals surface area (Å²) in [5.41, 5.74) is 1.75. The molecule has 0 spiro atoms. The Morgan fingerprint density at radius 2 is 1.90 bits per heavy atom. The van der Waals surface area contributed by atoms with Crippen LogP contribution >= 0.6 is 0 Å². The van der Waals surface area contributed by atoms with Crippen molar-refractivity contribution >= 4 is 15.7 Å². The lowest BCUT2D eigenvalue weighted by molar-refractivity contribution is 0.566. The Morgan fingerprint density at radius 3 is 2.45 bits per heavy atom. The van der Waals surface area contributed by atoms with E-state index in [4.69, 9.17) is 0 Å². The third kappa shape index (κ3) is 3.96. The normalized spacial score (nSPS) is 13.2. The average molecular weight is 298 g/mol. The van der Waals surface area contributed by atoms with Crippen LogP contribution < -0.4 is 9.62 Å². The van der Waals surface area contributed by atoms with Crippen LogP contribution in [0.25, 0.3) is 0 Å². The van der Waals surface area contributed by atoms with Gasteiger partial charge in [-0.3, -0.25) is 4.31 Å². The Balaban J connectivity index is 2.96. The number of nitrogens with one attached hydrogen (secondary N) is 1. The fraction of sp³-hybridized carbons (Fsp3) is 0.600. The summed E-state index contributed by atoms with van der Waals surface area (Å²) in [5.74, 6) is 0. The van der Waals surface area contributed by atoms with Gasteiger partial charge in [0, 0.05) is 13.1 Å². The van der Waals surface area contributed by atoms with E-state index in [0.29, 0.717) is 13.1 Å². The molecule has 0 fully saturated rings. The number of hydrogen-bond donors (Lipinski definition) is 1. The van der Waals surface area contributed by atoms with Gasteiger partial charge in [-0.1, -0.05) is 25.1 Å². The predicted molar refractivity (Wildman–Crippen MR) is 85.7 cm³/mol. The van der Waals surface area contributed by atoms with Gasteiger partial charge < -0.3 is 5.32 Å². The van der Waals surface area contributed by atoms with Gasteiger partial charge in [-0.15, -0.1) is 0 Å². The Kier molecular flexibility index (Phi) is 6.49. The zero-order valence-corrected chi connectivity index (χ0v) is 13.7. The molecule has 0 radical (unpaired) electrons. The summed E-state index contributed by atoms with van der Waals surface area (Å²) >= 11 is 0. The molecule has 1 unspecified atom stereocenters. The van der Waals surface area contributed by atoms with Crippen molar-refractivity contribution in [1.29, 1.82) is 0 Å². The van der Waals surface area contributed by atoms with Crippen molar-refractivity contribution in [1.82, 2.24) is 5.32 Å². The Bertz CT molecular complexity index is 514. The molecule has 0 saturated carbocycles. The van der Waals surface area contributed by atoms with Crippen molar-refractivity contribution in [3.63, 3.8) is 0 Å². The van der Waals surface area contributed by atoms with E-state index in [1.54, 1.807) is 6.92 Å². The molecule has 1 aromatic rings. The molecule has 1 aromatic carbocycles. The van der Waals surface area contributed by atoms with Gasteiger partial charge >= 0.3 is 0 Å². The molecule has 114 valence electrons. The maximum absolute atomic E-state index is 12.7. The van der Waals surface area contributed by atoms with Gasteiger partial charge in [-0.2, -0.15) is 0 Å². The molecule has 5 heteroatoms. The average Bonchev–Trinajstić information content (AvgIpc) is 2.41. The van der Waals surface area contributed by atoms with E-state index in [1.807, 2.05) is 38.1 Å². The molecule has 20 heavy (non-hydrogen) atoms. The van der Waals surface area contributed by atoms with Crippen molar-refractivity contribution in [3.05, 3.63) is 29.8 Å². The van der Waals surface area contributed by atoms with Crippen LogP contribution in [0.5, 0.6) is 0 Å². The van der Waals surface area contributed by atoms with E-state index in [-0.39, 0.29) is 0 Å². The standard InChI is InChI=1S/C15H26N2O2S/c1-5-11-16-12-14(4)20(18,19)17(6-2)15-10-8-7-9-13(15)3/h7-10,14,16H,5-6,11-12H2,1-4H3. The Labute approximate surface area is 123 Å². The summed E-state index contributed by atoms with van der Waals surface area (Å²) in [7, 11) is -3.34. The molecule has 0 amide bonds. The van der Waals surface area contributed by atoms with Gasteiger partial charge in [0.25, 0.3) is 0 Å². The van der Waals surface area contributed by atoms with Gasteiger partial charge in [-0.05, 0) is 45.4 Å². The number of benzene rings is 1. The van der Waals surface area contributed by atoms with Crippen LogP contribution in [0.2, 0.25) is 0 Å². The molecule has 0 aromatic heterocycles. The number of aryl methyl sites for hydroxylation is 1. The molecule has 1 atom stereocenters. The number of rotatable bonds is 8. The fourth-order valence-electron chi connectivity index (χ4n) is 2.14. The molecule has 0 heterocycles. The van der Waals surface area contributed by atoms with E-state index < -0.39 is 15.3 Å². The van der Waals surface area contributed by atoms with Gasteiger partial charge in [0.1, 0.15) is 0 Å². The maximum atomic E-state index is 12.7. The monoisotopic (exact) mass is 298 g/mol. The first kappa shape index (κ1) is 17.0. The maximum Gasteiger partial charge on any atom is 0.239 e. The fourth-order valence-corrected chi connectivity index (χ4v) is 3.74. The lowest BCUT2D eigenvalue weighted by Gasteiger charge is -2.28. The minimum absolute atomic E-state index is 0.436. The topological polar surface area (TPSA) is 49.4 Å². The third-order valence-electron chi connectivity index (χ3n) is 3.35. The van der Waals surface area contributed by atoms with Gasteiger partial charge in [0.2, 0.25) is 10.0 Å². The van der Waals surface area contributed by atoms with Crippen LogP contribution in [0.3, 0.4) is 0 Å². The number of anilines is 1. The highest BCUT2D eigenvalue weighted by Crippen LogP contribution is 2.24. The van der Waals surface area contributed by atoms with Gasteiger partial charge in [0.15, 0.2) is 0 Å². The minimum Gasteiger partial charge on any atom is -0.315 e. The molecular formula is C15H26N2O2S. The third-order valence-corrected chi connectivity index (χ3v) is 5.60. The largest absolute Gasteiger partial charge is 0.315 e. The lowest BCUT2D eigenvalue weighted by Crippen LogP contribution is -2.42. The first-order chi connectivity index (χ1) is 9.45. The van der Waals surface area contributed by atoms with E-state index in [1.165, 1.54) is 4.31 Å². The van der Waals surface area contributed by atoms with Crippen LogP contribution in [0, 0.1) is 6.92 Å². The van der Waals surface area contributed by atoms with Crippen LogP contribution in [0.15, 0.2) is 24.3 Å². The number of nitrogens with zero attached hydrogens (tertiary/aromatic N) is 1. The molecular weight excluding hydrogens is 272 g/mol. The van der Waals surface area contributed by atoms with Crippen molar-refractivity contribution < 1.29 is 8.42 Å². The molecule has 0 aliphatic heterocycles. The molecule has 0 saturated heterocycles. The second-order valence-corrected chi connectivity index (χ2v) is 7.29. The van der Waals surface area contributed by atoms with E-state index in [9.17, 15) is 8.42 Å². The predicted octanol–water partition coefficient (Wildman–Crippen LogP) is 2.54. The van der Waals surface area contributed by atoms with E-state index >= 15 is 0 Å². The second-order valence-electron chi connectivity index (χ2n) is 5.01. The van der Waals surface area contributed by atoms with E-state index in [0.717, 1.165) is 24.2 Å². The number of hydrogen-bond acceptors (Lipinski definition) is 3. The summed E-state index contributed by atoms with van der Waals surface area (Å²) in [6, 6.07) is 7.60. The highest BCUT2D eigenvalue weighted by atomic mass is 32.2. The smallest absolute Gasteiger partial charge is 0.239 e. The Hall–Kier alpha value is -1.07. The van der Waals surface area contributed by atoms with Crippen LogP contribution in [-0.4, -0.2) is 33.3 Å². The zero-order valence-electron chi connectivity index (χ0n) is 12.9. The lowest BCUT2D eigenvalue weighted by atomic mass is 10.2. The summed E-state index contributed by atoms with van der Waals surface area (Å²) in [6.07, 6.45) is 1.00. The SMILES string of the molecule is CCCNCC(C)S(=O)(=O)N(CC)c1ccccc1C. The highest BCUT2D eigenvalue weighted by Gasteiger charge is 2.28. The molecule has 4 nitrogen and oxygen atoms in total. The number of sulfonamides is 1. The van der Waals surface area contributed by atoms with E-state index in [2.05, 4.69) is 12.2 Å². The quantitative estimate of drug-likeness (QED) is 0.750. The summed E-state index contributed by atoms with van der Waals surface area (Å²) in [4.78, 5) is 0. The summed E-state index contributed by atoms with van der Waals surface area (Å²) in [6.45, 7) is 9.42. The summed E-state index contributed by atoms with van der Waals surface area (Å²) in [5, 5.41) is 2.74. The number of para-hydroxylation sites is 1. The van der Waals surface area contributed by atoms with Crippen molar-refractivity contribution in [3.8, 4) is 0 Å². The molecule has 1 N–H and O–H groups in total. The highest BCUT2D eigenvalue weighted by molar-refractivity contribution is 7.93. The van der Waals surface area contributed by atoms with Crippen molar-refractivity contribution in [2.45, 2.75) is 39.4 Å². The first-order valence-electron chi connectivity index (χ1n) is 7.23. The van der Waals surface area contributed by atoms with Crippen LogP contribution in [-0.2, 0) is 10.0 Å². The molecule has 0 bridgehead atoms. The molecule has 0 aliphatic rings. The molecule has 1 rings (SSSR count). The van der Waals surface area contributed by atoms with Crippen molar-refractivity contribution in [2.24, 2.45) is 0 Å². The molecule has 0 aliphatic carbocycles. The van der Waals surface area contributed by atoms with Crippen LogP contribution in [0.1, 0.15) is 32.8 Å². The zero-order chi connectivity index (χ0) is 15.2. The van der Waals surface area contributed by atoms with Gasteiger partial charge in [-0.25, -0.2) is 8.42 Å². The minimum atomic E-state index is -3.34. The van der Waals surface area contributed by atoms with Crippen LogP contribution in [0.4, 0.5) is 5.69 Å². The summed E-state index contributed by atoms with van der Waals surface area (Å²) < 4.78 is 26.9. The van der Waals surface area contributed by atoms with Gasteiger partial charge in [0.05, 0.1) is 10.9 Å². The van der Waals surface area contributed by atoms with Crippen molar-refractivity contribution in [2.75, 3.05) is 23.9 Å². The Morgan fingerprint density at radius 1 is 1.25 bits per heavy atom. The second kappa shape index (κ2) is 7.64.